The summed E-state index contributed by atoms with van der Waals surface area (Å²) < 4.78 is 109. The summed E-state index contributed by atoms with van der Waals surface area (Å²) in [7, 11) is 3.11. The molecule has 0 unspecified atom stereocenters. The second-order valence-corrected chi connectivity index (χ2v) is 21.0. The number of carbonyl (C=O) groups is 1. The van der Waals surface area contributed by atoms with Crippen molar-refractivity contribution in [2.45, 2.75) is 102 Å². The summed E-state index contributed by atoms with van der Waals surface area (Å²) >= 11 is 7.31. The van der Waals surface area contributed by atoms with E-state index >= 15 is 17.6 Å². The summed E-state index contributed by atoms with van der Waals surface area (Å²) in [5, 5.41) is -0.382. The Bertz CT molecular complexity index is 2870. The molecule has 4 atom stereocenters. The third kappa shape index (κ3) is 9.28. The summed E-state index contributed by atoms with van der Waals surface area (Å²) in [6.45, 7) is 8.90. The lowest BCUT2D eigenvalue weighted by atomic mass is 9.90. The van der Waals surface area contributed by atoms with Gasteiger partial charge in [-0.05, 0) is 119 Å². The van der Waals surface area contributed by atoms with Gasteiger partial charge in [-0.2, -0.15) is 23.1 Å². The van der Waals surface area contributed by atoms with E-state index in [1.165, 1.54) is 13.0 Å². The Morgan fingerprint density at radius 3 is 2.28 bits per heavy atom. The summed E-state index contributed by atoms with van der Waals surface area (Å²) in [5.41, 5.74) is -2.25. The zero-order valence-electron chi connectivity index (χ0n) is 41.0. The van der Waals surface area contributed by atoms with Crippen molar-refractivity contribution in [2.75, 3.05) is 63.4 Å². The number of benzene rings is 3. The number of methoxy groups -OCH3 is 2. The van der Waals surface area contributed by atoms with Crippen molar-refractivity contribution in [3.05, 3.63) is 99.6 Å². The Labute approximate surface area is 419 Å². The number of fused-ring (bicyclic) bond motifs is 3. The number of ether oxygens (including phenoxy) is 5. The first-order valence-corrected chi connectivity index (χ1v) is 24.6. The summed E-state index contributed by atoms with van der Waals surface area (Å²) in [4.78, 5) is 35.8. The van der Waals surface area contributed by atoms with Crippen molar-refractivity contribution in [3.8, 4) is 34.5 Å². The van der Waals surface area contributed by atoms with Gasteiger partial charge in [0.25, 0.3) is 0 Å². The van der Waals surface area contributed by atoms with E-state index < -0.39 is 57.1 Å². The van der Waals surface area contributed by atoms with Crippen LogP contribution in [0.5, 0.6) is 23.3 Å². The van der Waals surface area contributed by atoms with Crippen molar-refractivity contribution in [2.24, 2.45) is 5.92 Å². The third-order valence-electron chi connectivity index (χ3n) is 14.8. The highest BCUT2D eigenvalue weighted by atomic mass is 35.5. The van der Waals surface area contributed by atoms with E-state index in [1.54, 1.807) is 69.1 Å². The predicted octanol–water partition coefficient (Wildman–Crippen LogP) is 11.1. The smallest absolute Gasteiger partial charge is 0.418 e. The van der Waals surface area contributed by atoms with E-state index in [9.17, 15) is 9.18 Å². The van der Waals surface area contributed by atoms with Crippen LogP contribution in [0.3, 0.4) is 0 Å². The van der Waals surface area contributed by atoms with Crippen LogP contribution in [-0.4, -0.2) is 108 Å². The number of aromatic nitrogens is 3. The van der Waals surface area contributed by atoms with E-state index in [4.69, 9.17) is 45.3 Å². The highest BCUT2D eigenvalue weighted by molar-refractivity contribution is 6.36. The van der Waals surface area contributed by atoms with Gasteiger partial charge in [-0.3, -0.25) is 4.90 Å². The zero-order valence-corrected chi connectivity index (χ0v) is 41.8. The number of alkyl halides is 3. The summed E-state index contributed by atoms with van der Waals surface area (Å²) in [5.74, 6) is 0.111. The van der Waals surface area contributed by atoms with Gasteiger partial charge < -0.3 is 38.4 Å². The normalized spacial score (nSPS) is 22.3. The second-order valence-electron chi connectivity index (χ2n) is 20.6. The lowest BCUT2D eigenvalue weighted by Gasteiger charge is -2.37. The molecule has 72 heavy (non-hydrogen) atoms. The van der Waals surface area contributed by atoms with E-state index in [1.807, 2.05) is 29.2 Å². The molecule has 3 aromatic carbocycles. The fourth-order valence-electron chi connectivity index (χ4n) is 11.3. The SMILES string of the molecule is COc1ccc(CN(Cc2ccc(OC)cc2)c2cc(C)c(C(F)(F)F)c(-c3c(Cl)c4c5c(nc(OC[C@@]67CCCN6C/C(=C\F)C7)nc5c3F)N3C[C@H]5CC[C@H](CN5C(=O)OC(C)(C)C)[C@H]3CO4)n2)cc1. The number of amides is 1. The minimum absolute atomic E-state index is 0.0292. The highest BCUT2D eigenvalue weighted by Gasteiger charge is 2.50. The molecule has 2 aromatic heterocycles. The molecule has 0 radical (unpaired) electrons. The Morgan fingerprint density at radius 2 is 1.65 bits per heavy atom. The van der Waals surface area contributed by atoms with Gasteiger partial charge in [0.2, 0.25) is 0 Å². The van der Waals surface area contributed by atoms with Gasteiger partial charge >= 0.3 is 18.3 Å². The van der Waals surface area contributed by atoms with Crippen LogP contribution in [0.1, 0.15) is 75.1 Å². The molecule has 8 heterocycles. The van der Waals surface area contributed by atoms with Crippen LogP contribution in [0.25, 0.3) is 22.2 Å². The van der Waals surface area contributed by atoms with E-state index in [2.05, 4.69) is 9.88 Å². The third-order valence-corrected chi connectivity index (χ3v) is 15.1. The molecule has 0 aliphatic carbocycles. The van der Waals surface area contributed by atoms with Crippen LogP contribution in [0, 0.1) is 18.7 Å². The van der Waals surface area contributed by atoms with Crippen LogP contribution < -0.4 is 28.7 Å². The molecule has 6 aliphatic rings. The number of halogens is 6. The quantitative estimate of drug-likeness (QED) is 0.117. The van der Waals surface area contributed by atoms with Gasteiger partial charge in [-0.1, -0.05) is 35.9 Å². The topological polar surface area (TPSA) is 115 Å². The molecular weight excluding hydrogens is 961 g/mol. The van der Waals surface area contributed by atoms with Crippen molar-refractivity contribution in [1.82, 2.24) is 24.8 Å². The summed E-state index contributed by atoms with van der Waals surface area (Å²) in [6, 6.07) is 14.9. The Kier molecular flexibility index (Phi) is 13.1. The standard InChI is InChI=1S/C53H57ClF5N7O6/c1-30-20-39(63(23-31-8-14-36(68-5)15-9-31)24-32-10-16-37(69-6)17-11-32)60-45(42(30)53(57,58)59)40-43(54)47-41-46(44(40)56)61-49(71-29-52-18-7-19-64(52)25-33(21-52)22-55)62-48(41)66-27-35-13-12-34(38(66)28-70-47)26-65(35)50(67)72-51(2,3)4/h8-11,14-17,20,22,34-35,38H,7,12-13,18-19,21,23-29H2,1-6H3/b33-22-/t34-,35-,38-,52+/m1/s1. The molecule has 13 nitrogen and oxygen atoms in total. The molecule has 2 bridgehead atoms. The number of hydrogen-bond donors (Lipinski definition) is 0. The van der Waals surface area contributed by atoms with Gasteiger partial charge in [-0.15, -0.1) is 0 Å². The molecule has 0 saturated carbocycles. The molecular formula is C53H57ClF5N7O6. The van der Waals surface area contributed by atoms with Crippen LogP contribution in [0.15, 0.2) is 66.5 Å². The maximum Gasteiger partial charge on any atom is 0.418 e. The minimum Gasteiger partial charge on any atom is -0.497 e. The number of rotatable bonds is 11. The molecule has 0 N–H and O–H groups in total. The molecule has 1 amide bonds. The van der Waals surface area contributed by atoms with Crippen molar-refractivity contribution in [1.29, 1.82) is 0 Å². The molecule has 5 fully saturated rings. The van der Waals surface area contributed by atoms with Crippen LogP contribution in [-0.2, 0) is 24.0 Å². The van der Waals surface area contributed by atoms with Crippen molar-refractivity contribution in [3.63, 3.8) is 0 Å². The number of anilines is 2. The molecule has 19 heteroatoms. The fraction of sp³-hybridized carbons (Fsp3) is 0.472. The number of pyridine rings is 1. The zero-order chi connectivity index (χ0) is 50.9. The Balaban J connectivity index is 1.14. The largest absolute Gasteiger partial charge is 0.497 e. The van der Waals surface area contributed by atoms with Crippen LogP contribution >= 0.6 is 11.6 Å². The van der Waals surface area contributed by atoms with Gasteiger partial charge in [0.15, 0.2) is 11.6 Å². The van der Waals surface area contributed by atoms with E-state index in [0.29, 0.717) is 62.2 Å². The maximum atomic E-state index is 18.3. The number of piperidine rings is 1. The molecule has 5 saturated heterocycles. The average Bonchev–Trinajstić information content (AvgIpc) is 3.72. The lowest BCUT2D eigenvalue weighted by Crippen LogP contribution is -2.49. The minimum atomic E-state index is -5.02. The Hall–Kier alpha value is -6.14. The van der Waals surface area contributed by atoms with Crippen molar-refractivity contribution < 1.29 is 50.4 Å². The number of aryl methyl sites for hydroxylation is 1. The van der Waals surface area contributed by atoms with Crippen molar-refractivity contribution >= 4 is 40.2 Å². The number of nitrogens with zero attached hydrogens (tertiary/aromatic N) is 7. The first-order chi connectivity index (χ1) is 34.4. The second kappa shape index (κ2) is 19.0. The molecule has 6 aliphatic heterocycles. The van der Waals surface area contributed by atoms with Gasteiger partial charge in [0.1, 0.15) is 47.5 Å². The monoisotopic (exact) mass is 1020 g/mol. The first-order valence-electron chi connectivity index (χ1n) is 24.2. The van der Waals surface area contributed by atoms with Crippen LogP contribution in [0.4, 0.5) is 38.4 Å². The van der Waals surface area contributed by atoms with Gasteiger partial charge in [0, 0.05) is 38.6 Å². The number of hydrogen-bond acceptors (Lipinski definition) is 12. The number of carbonyl (C=O) groups excluding carboxylic acids is 1. The first kappa shape index (κ1) is 49.4. The molecule has 11 rings (SSSR count). The van der Waals surface area contributed by atoms with Gasteiger partial charge in [0.05, 0.1) is 65.4 Å². The average molecular weight is 1020 g/mol. The lowest BCUT2D eigenvalue weighted by molar-refractivity contribution is -0.137. The highest BCUT2D eigenvalue weighted by Crippen LogP contribution is 2.52. The fourth-order valence-corrected chi connectivity index (χ4v) is 11.7. The van der Waals surface area contributed by atoms with Gasteiger partial charge in [-0.25, -0.2) is 18.6 Å². The van der Waals surface area contributed by atoms with E-state index in [-0.39, 0.29) is 84.7 Å². The molecule has 0 spiro atoms. The predicted molar refractivity (Wildman–Crippen MR) is 262 cm³/mol. The molecule has 382 valence electrons. The van der Waals surface area contributed by atoms with E-state index in [0.717, 1.165) is 24.1 Å². The summed E-state index contributed by atoms with van der Waals surface area (Å²) in [6.07, 6.45) is -1.49. The maximum absolute atomic E-state index is 18.3. The van der Waals surface area contributed by atoms with Crippen LogP contribution in [0.2, 0.25) is 5.02 Å². The molecule has 5 aromatic rings. The Morgan fingerprint density at radius 1 is 0.972 bits per heavy atom.